The average molecular weight is 259 g/mol. The van der Waals surface area contributed by atoms with Gasteiger partial charge in [-0.1, -0.05) is 19.1 Å². The molecule has 0 aliphatic carbocycles. The first kappa shape index (κ1) is 13.5. The van der Waals surface area contributed by atoms with Crippen molar-refractivity contribution in [1.29, 1.82) is 0 Å². The predicted octanol–water partition coefficient (Wildman–Crippen LogP) is 3.60. The number of rotatable bonds is 5. The summed E-state index contributed by atoms with van der Waals surface area (Å²) >= 11 is 0. The Kier molecular flexibility index (Phi) is 4.10. The Hall–Kier alpha value is -1.97. The molecule has 1 heterocycles. The van der Waals surface area contributed by atoms with Crippen molar-refractivity contribution in [2.24, 2.45) is 0 Å². The lowest BCUT2D eigenvalue weighted by molar-refractivity contribution is 0.414. The molecule has 0 bridgehead atoms. The molecule has 2 aromatic rings. The monoisotopic (exact) mass is 259 g/mol. The van der Waals surface area contributed by atoms with Gasteiger partial charge in [-0.2, -0.15) is 5.10 Å². The van der Waals surface area contributed by atoms with E-state index in [0.29, 0.717) is 0 Å². The molecule has 4 nitrogen and oxygen atoms in total. The maximum Gasteiger partial charge on any atom is 0.118 e. The zero-order valence-corrected chi connectivity index (χ0v) is 11.9. The summed E-state index contributed by atoms with van der Waals surface area (Å²) in [6.07, 6.45) is 1.01. The van der Waals surface area contributed by atoms with E-state index in [1.165, 1.54) is 5.56 Å². The second-order valence-corrected chi connectivity index (χ2v) is 4.69. The molecule has 2 rings (SSSR count). The van der Waals surface area contributed by atoms with Crippen LogP contribution >= 0.6 is 0 Å². The summed E-state index contributed by atoms with van der Waals surface area (Å²) in [5.74, 6) is 0.884. The quantitative estimate of drug-likeness (QED) is 0.862. The second kappa shape index (κ2) is 5.78. The molecule has 0 radical (unpaired) electrons. The van der Waals surface area contributed by atoms with Crippen LogP contribution in [0.4, 0.5) is 5.69 Å². The van der Waals surface area contributed by atoms with Gasteiger partial charge in [-0.3, -0.25) is 5.10 Å². The van der Waals surface area contributed by atoms with Crippen LogP contribution in [-0.2, 0) is 0 Å². The van der Waals surface area contributed by atoms with Crippen LogP contribution in [0, 0.1) is 13.8 Å². The molecule has 102 valence electrons. The summed E-state index contributed by atoms with van der Waals surface area (Å²) in [4.78, 5) is 0. The number of nitrogens with zero attached hydrogens (tertiary/aromatic N) is 1. The molecule has 2 N–H and O–H groups in total. The van der Waals surface area contributed by atoms with Crippen LogP contribution in [-0.4, -0.2) is 17.3 Å². The van der Waals surface area contributed by atoms with Crippen LogP contribution in [0.1, 0.15) is 36.3 Å². The van der Waals surface area contributed by atoms with E-state index in [1.807, 2.05) is 26.0 Å². The molecule has 0 fully saturated rings. The molecule has 0 spiro atoms. The van der Waals surface area contributed by atoms with E-state index in [-0.39, 0.29) is 6.04 Å². The molecule has 4 heteroatoms. The van der Waals surface area contributed by atoms with Crippen molar-refractivity contribution in [3.05, 3.63) is 41.2 Å². The van der Waals surface area contributed by atoms with Gasteiger partial charge in [-0.15, -0.1) is 0 Å². The zero-order chi connectivity index (χ0) is 13.8. The maximum absolute atomic E-state index is 5.19. The minimum Gasteiger partial charge on any atom is -0.497 e. The SMILES string of the molecule is CCC(Nc1c(C)n[nH]c1C)c1ccc(OC)cc1. The maximum atomic E-state index is 5.19. The first-order chi connectivity index (χ1) is 9.15. The minimum absolute atomic E-state index is 0.279. The molecular formula is C15H21N3O. The third-order valence-corrected chi connectivity index (χ3v) is 3.37. The summed E-state index contributed by atoms with van der Waals surface area (Å²) in [6.45, 7) is 6.21. The van der Waals surface area contributed by atoms with Gasteiger partial charge in [0.05, 0.1) is 30.2 Å². The predicted molar refractivity (Wildman–Crippen MR) is 77.7 cm³/mol. The van der Waals surface area contributed by atoms with Crippen molar-refractivity contribution < 1.29 is 4.74 Å². The lowest BCUT2D eigenvalue weighted by Crippen LogP contribution is -2.10. The van der Waals surface area contributed by atoms with Gasteiger partial charge < -0.3 is 10.1 Å². The van der Waals surface area contributed by atoms with Crippen LogP contribution in [0.3, 0.4) is 0 Å². The number of ether oxygens (including phenoxy) is 1. The Morgan fingerprint density at radius 3 is 2.42 bits per heavy atom. The molecule has 0 amide bonds. The van der Waals surface area contributed by atoms with Gasteiger partial charge in [0.25, 0.3) is 0 Å². The molecule has 0 saturated carbocycles. The normalized spacial score (nSPS) is 12.2. The Morgan fingerprint density at radius 2 is 1.95 bits per heavy atom. The largest absolute Gasteiger partial charge is 0.497 e. The highest BCUT2D eigenvalue weighted by Crippen LogP contribution is 2.27. The van der Waals surface area contributed by atoms with Crippen LogP contribution < -0.4 is 10.1 Å². The van der Waals surface area contributed by atoms with Crippen LogP contribution in [0.2, 0.25) is 0 Å². The summed E-state index contributed by atoms with van der Waals surface area (Å²) in [6, 6.07) is 8.47. The first-order valence-corrected chi connectivity index (χ1v) is 6.57. The van der Waals surface area contributed by atoms with Crippen molar-refractivity contribution in [3.63, 3.8) is 0 Å². The molecular weight excluding hydrogens is 238 g/mol. The Balaban J connectivity index is 2.20. The summed E-state index contributed by atoms with van der Waals surface area (Å²) in [5.41, 5.74) is 4.43. The fourth-order valence-corrected chi connectivity index (χ4v) is 2.20. The molecule has 1 atom stereocenters. The summed E-state index contributed by atoms with van der Waals surface area (Å²) < 4.78 is 5.19. The van der Waals surface area contributed by atoms with Gasteiger partial charge in [-0.25, -0.2) is 0 Å². The third kappa shape index (κ3) is 2.89. The van der Waals surface area contributed by atoms with Gasteiger partial charge in [-0.05, 0) is 38.0 Å². The lowest BCUT2D eigenvalue weighted by atomic mass is 10.0. The van der Waals surface area contributed by atoms with Crippen LogP contribution in [0.5, 0.6) is 5.75 Å². The summed E-state index contributed by atoms with van der Waals surface area (Å²) in [7, 11) is 1.68. The van der Waals surface area contributed by atoms with E-state index in [1.54, 1.807) is 7.11 Å². The van der Waals surface area contributed by atoms with Crippen molar-refractivity contribution in [2.75, 3.05) is 12.4 Å². The van der Waals surface area contributed by atoms with E-state index in [0.717, 1.165) is 29.2 Å². The van der Waals surface area contributed by atoms with Crippen molar-refractivity contribution in [2.45, 2.75) is 33.2 Å². The van der Waals surface area contributed by atoms with E-state index in [9.17, 15) is 0 Å². The smallest absolute Gasteiger partial charge is 0.118 e. The number of nitrogens with one attached hydrogen (secondary N) is 2. The highest BCUT2D eigenvalue weighted by atomic mass is 16.5. The van der Waals surface area contributed by atoms with E-state index < -0.39 is 0 Å². The number of methoxy groups -OCH3 is 1. The fourth-order valence-electron chi connectivity index (χ4n) is 2.20. The fraction of sp³-hybridized carbons (Fsp3) is 0.400. The molecule has 0 aliphatic heterocycles. The van der Waals surface area contributed by atoms with Crippen molar-refractivity contribution in [3.8, 4) is 5.75 Å². The van der Waals surface area contributed by atoms with Gasteiger partial charge in [0.1, 0.15) is 5.75 Å². The number of aryl methyl sites for hydroxylation is 2. The topological polar surface area (TPSA) is 49.9 Å². The molecule has 1 aromatic heterocycles. The van der Waals surface area contributed by atoms with Gasteiger partial charge in [0, 0.05) is 0 Å². The first-order valence-electron chi connectivity index (χ1n) is 6.57. The highest BCUT2D eigenvalue weighted by molar-refractivity contribution is 5.53. The molecule has 19 heavy (non-hydrogen) atoms. The molecule has 0 aliphatic rings. The van der Waals surface area contributed by atoms with Crippen molar-refractivity contribution in [1.82, 2.24) is 10.2 Å². The second-order valence-electron chi connectivity index (χ2n) is 4.69. The molecule has 1 aromatic carbocycles. The molecule has 1 unspecified atom stereocenters. The van der Waals surface area contributed by atoms with Crippen LogP contribution in [0.15, 0.2) is 24.3 Å². The van der Waals surface area contributed by atoms with Crippen molar-refractivity contribution >= 4 is 5.69 Å². The Bertz CT molecular complexity index is 511. The number of aromatic nitrogens is 2. The Morgan fingerprint density at radius 1 is 1.26 bits per heavy atom. The standard InChI is InChI=1S/C15H21N3O/c1-5-14(12-6-8-13(19-4)9-7-12)16-15-10(2)17-18-11(15)3/h6-9,14,16H,5H2,1-4H3,(H,17,18). The average Bonchev–Trinajstić information content (AvgIpc) is 2.76. The number of H-pyrrole nitrogens is 1. The molecule has 0 saturated heterocycles. The highest BCUT2D eigenvalue weighted by Gasteiger charge is 2.13. The number of benzene rings is 1. The van der Waals surface area contributed by atoms with Gasteiger partial charge in [0.15, 0.2) is 0 Å². The van der Waals surface area contributed by atoms with Gasteiger partial charge in [0.2, 0.25) is 0 Å². The number of anilines is 1. The number of hydrogen-bond acceptors (Lipinski definition) is 3. The van der Waals surface area contributed by atoms with E-state index >= 15 is 0 Å². The van der Waals surface area contributed by atoms with Crippen LogP contribution in [0.25, 0.3) is 0 Å². The summed E-state index contributed by atoms with van der Waals surface area (Å²) in [5, 5.41) is 10.8. The minimum atomic E-state index is 0.279. The van der Waals surface area contributed by atoms with E-state index in [2.05, 4.69) is 34.6 Å². The van der Waals surface area contributed by atoms with E-state index in [4.69, 9.17) is 4.74 Å². The zero-order valence-electron chi connectivity index (χ0n) is 11.9. The Labute approximate surface area is 114 Å². The lowest BCUT2D eigenvalue weighted by Gasteiger charge is -2.19. The number of hydrogen-bond donors (Lipinski definition) is 2. The number of aromatic amines is 1. The van der Waals surface area contributed by atoms with Gasteiger partial charge >= 0.3 is 0 Å². The third-order valence-electron chi connectivity index (χ3n) is 3.37.